The third-order valence-corrected chi connectivity index (χ3v) is 5.59. The van der Waals surface area contributed by atoms with Gasteiger partial charge in [0.25, 0.3) is 0 Å². The summed E-state index contributed by atoms with van der Waals surface area (Å²) in [6, 6.07) is 18.2. The molecule has 2 aliphatic heterocycles. The molecule has 28 heavy (non-hydrogen) atoms. The summed E-state index contributed by atoms with van der Waals surface area (Å²) in [5, 5.41) is 3.28. The topological polar surface area (TPSA) is 55.4 Å². The van der Waals surface area contributed by atoms with E-state index < -0.39 is 0 Å². The van der Waals surface area contributed by atoms with Crippen LogP contribution in [0.15, 0.2) is 89.3 Å². The molecule has 0 amide bonds. The molecule has 0 fully saturated rings. The van der Waals surface area contributed by atoms with Gasteiger partial charge >= 0.3 is 5.97 Å². The lowest BCUT2D eigenvalue weighted by atomic mass is 9.74. The van der Waals surface area contributed by atoms with Crippen molar-refractivity contribution in [1.29, 1.82) is 0 Å². The average Bonchev–Trinajstić information content (AvgIpc) is 3.07. The number of carbonyl (C=O) groups is 2. The summed E-state index contributed by atoms with van der Waals surface area (Å²) < 4.78 is 5.28. The predicted molar refractivity (Wildman–Crippen MR) is 106 cm³/mol. The molecule has 0 saturated heterocycles. The Morgan fingerprint density at radius 2 is 1.57 bits per heavy atom. The molecule has 5 rings (SSSR count). The van der Waals surface area contributed by atoms with Crippen LogP contribution in [0, 0.1) is 0 Å². The van der Waals surface area contributed by atoms with E-state index in [1.54, 1.807) is 0 Å². The molecule has 0 spiro atoms. The summed E-state index contributed by atoms with van der Waals surface area (Å²) in [6.45, 7) is 4.22. The van der Waals surface area contributed by atoms with Crippen molar-refractivity contribution < 1.29 is 14.3 Å². The number of dihydropyridines is 1. The fourth-order valence-corrected chi connectivity index (χ4v) is 4.32. The van der Waals surface area contributed by atoms with Gasteiger partial charge in [-0.15, -0.1) is 0 Å². The maximum atomic E-state index is 12.9. The van der Waals surface area contributed by atoms with E-state index in [9.17, 15) is 9.59 Å². The Bertz CT molecular complexity index is 1070. The van der Waals surface area contributed by atoms with Gasteiger partial charge in [0.05, 0.1) is 11.3 Å². The SMILES string of the molecule is C=C1CC(=O)C2=C(C1)NC1=C(C(=O)OC1)C2c1ccc(-c2ccccc2)cc1. The van der Waals surface area contributed by atoms with Crippen LogP contribution in [0.5, 0.6) is 0 Å². The molecule has 0 bridgehead atoms. The summed E-state index contributed by atoms with van der Waals surface area (Å²) in [6.07, 6.45) is 0.960. The summed E-state index contributed by atoms with van der Waals surface area (Å²) >= 11 is 0. The Balaban J connectivity index is 1.61. The fraction of sp³-hybridized carbons (Fsp3) is 0.167. The number of benzene rings is 2. The minimum Gasteiger partial charge on any atom is -0.456 e. The van der Waals surface area contributed by atoms with Crippen molar-refractivity contribution in [1.82, 2.24) is 5.32 Å². The third kappa shape index (κ3) is 2.61. The zero-order valence-corrected chi connectivity index (χ0v) is 15.3. The van der Waals surface area contributed by atoms with Crippen molar-refractivity contribution in [3.63, 3.8) is 0 Å². The number of ether oxygens (including phenoxy) is 1. The normalized spacial score (nSPS) is 21.3. The van der Waals surface area contributed by atoms with Gasteiger partial charge in [0, 0.05) is 30.0 Å². The van der Waals surface area contributed by atoms with Gasteiger partial charge in [-0.05, 0) is 16.7 Å². The number of carbonyl (C=O) groups excluding carboxylic acids is 2. The van der Waals surface area contributed by atoms with E-state index in [2.05, 4.69) is 24.0 Å². The number of Topliss-reactive ketones (excluding diaryl/α,β-unsaturated/α-hetero) is 1. The number of allylic oxidation sites excluding steroid dienone is 2. The summed E-state index contributed by atoms with van der Waals surface area (Å²) in [5.41, 5.74) is 6.91. The first kappa shape index (κ1) is 16.8. The molecule has 2 heterocycles. The number of hydrogen-bond acceptors (Lipinski definition) is 4. The van der Waals surface area contributed by atoms with Gasteiger partial charge in [-0.25, -0.2) is 4.79 Å². The van der Waals surface area contributed by atoms with Crippen LogP contribution >= 0.6 is 0 Å². The molecule has 1 atom stereocenters. The molecule has 1 N–H and O–H groups in total. The second-order valence-electron chi connectivity index (χ2n) is 7.43. The van der Waals surface area contributed by atoms with Gasteiger partial charge in [0.2, 0.25) is 0 Å². The van der Waals surface area contributed by atoms with Crippen molar-refractivity contribution in [2.75, 3.05) is 6.61 Å². The lowest BCUT2D eigenvalue weighted by Crippen LogP contribution is -2.33. The van der Waals surface area contributed by atoms with Crippen molar-refractivity contribution in [3.8, 4) is 11.1 Å². The van der Waals surface area contributed by atoms with Crippen LogP contribution in [0.2, 0.25) is 0 Å². The van der Waals surface area contributed by atoms with E-state index in [4.69, 9.17) is 4.74 Å². The Morgan fingerprint density at radius 3 is 2.32 bits per heavy atom. The molecule has 2 aromatic rings. The highest BCUT2D eigenvalue weighted by Crippen LogP contribution is 2.45. The minimum atomic E-state index is -0.383. The molecule has 0 radical (unpaired) electrons. The van der Waals surface area contributed by atoms with Crippen LogP contribution in [0.1, 0.15) is 24.3 Å². The molecule has 3 aliphatic rings. The highest BCUT2D eigenvalue weighted by atomic mass is 16.5. The predicted octanol–water partition coefficient (Wildman–Crippen LogP) is 4.02. The second kappa shape index (κ2) is 6.34. The maximum absolute atomic E-state index is 12.9. The first-order valence-electron chi connectivity index (χ1n) is 9.37. The number of hydrogen-bond donors (Lipinski definition) is 1. The van der Waals surface area contributed by atoms with E-state index in [1.165, 1.54) is 0 Å². The summed E-state index contributed by atoms with van der Waals surface area (Å²) in [4.78, 5) is 25.3. The van der Waals surface area contributed by atoms with Gasteiger partial charge in [-0.3, -0.25) is 4.79 Å². The van der Waals surface area contributed by atoms with Gasteiger partial charge in [0.1, 0.15) is 6.61 Å². The Morgan fingerprint density at radius 1 is 0.857 bits per heavy atom. The lowest BCUT2D eigenvalue weighted by Gasteiger charge is -2.32. The first-order valence-corrected chi connectivity index (χ1v) is 9.37. The minimum absolute atomic E-state index is 0.0298. The van der Waals surface area contributed by atoms with Gasteiger partial charge in [0.15, 0.2) is 5.78 Å². The van der Waals surface area contributed by atoms with E-state index in [0.29, 0.717) is 24.0 Å². The number of esters is 1. The van der Waals surface area contributed by atoms with Gasteiger partial charge in [-0.1, -0.05) is 66.7 Å². The fourth-order valence-electron chi connectivity index (χ4n) is 4.32. The molecule has 138 valence electrons. The highest BCUT2D eigenvalue weighted by molar-refractivity contribution is 6.05. The second-order valence-corrected chi connectivity index (χ2v) is 7.43. The molecule has 4 heteroatoms. The largest absolute Gasteiger partial charge is 0.456 e. The van der Waals surface area contributed by atoms with E-state index >= 15 is 0 Å². The monoisotopic (exact) mass is 369 g/mol. The molecular formula is C24H19NO3. The Hall–Kier alpha value is -3.40. The molecule has 1 aliphatic carbocycles. The Kier molecular flexibility index (Phi) is 3.79. The van der Waals surface area contributed by atoms with E-state index in [1.807, 2.05) is 42.5 Å². The first-order chi connectivity index (χ1) is 13.6. The number of nitrogens with one attached hydrogen (secondary N) is 1. The van der Waals surface area contributed by atoms with Crippen LogP contribution in [-0.4, -0.2) is 18.4 Å². The van der Waals surface area contributed by atoms with Gasteiger partial charge < -0.3 is 10.1 Å². The van der Waals surface area contributed by atoms with Crippen molar-refractivity contribution in [2.24, 2.45) is 0 Å². The number of ketones is 1. The number of rotatable bonds is 2. The number of cyclic esters (lactones) is 1. The quantitative estimate of drug-likeness (QED) is 0.642. The van der Waals surface area contributed by atoms with Crippen LogP contribution < -0.4 is 5.32 Å². The van der Waals surface area contributed by atoms with Gasteiger partial charge in [-0.2, -0.15) is 0 Å². The maximum Gasteiger partial charge on any atom is 0.337 e. The molecule has 0 aromatic heterocycles. The van der Waals surface area contributed by atoms with Crippen molar-refractivity contribution >= 4 is 11.8 Å². The summed E-state index contributed by atoms with van der Waals surface area (Å²) in [7, 11) is 0. The van der Waals surface area contributed by atoms with Crippen LogP contribution in [0.25, 0.3) is 11.1 Å². The van der Waals surface area contributed by atoms with Crippen LogP contribution in [-0.2, 0) is 14.3 Å². The zero-order chi connectivity index (χ0) is 19.3. The molecular weight excluding hydrogens is 350 g/mol. The standard InChI is InChI=1S/C24H19NO3/c1-14-11-18-22(20(26)12-14)21(23-19(25-18)13-28-24(23)27)17-9-7-16(8-10-17)15-5-3-2-4-6-15/h2-10,21,25H,1,11-13H2. The third-order valence-electron chi connectivity index (χ3n) is 5.59. The van der Waals surface area contributed by atoms with Crippen LogP contribution in [0.4, 0.5) is 0 Å². The van der Waals surface area contributed by atoms with Crippen molar-refractivity contribution in [2.45, 2.75) is 18.8 Å². The molecule has 4 nitrogen and oxygen atoms in total. The highest BCUT2D eigenvalue weighted by Gasteiger charge is 2.43. The molecule has 0 saturated carbocycles. The van der Waals surface area contributed by atoms with Crippen LogP contribution in [0.3, 0.4) is 0 Å². The smallest absolute Gasteiger partial charge is 0.337 e. The summed E-state index contributed by atoms with van der Waals surface area (Å²) in [5.74, 6) is -0.697. The van der Waals surface area contributed by atoms with E-state index in [-0.39, 0.29) is 24.3 Å². The lowest BCUT2D eigenvalue weighted by molar-refractivity contribution is -0.136. The molecule has 1 unspecified atom stereocenters. The molecule has 2 aromatic carbocycles. The average molecular weight is 369 g/mol. The Labute approximate surface area is 163 Å². The van der Waals surface area contributed by atoms with E-state index in [0.717, 1.165) is 33.7 Å². The zero-order valence-electron chi connectivity index (χ0n) is 15.3. The van der Waals surface area contributed by atoms with Crippen molar-refractivity contribution in [3.05, 3.63) is 94.9 Å².